The molecule has 2 rings (SSSR count). The first-order chi connectivity index (χ1) is 9.91. The van der Waals surface area contributed by atoms with Crippen molar-refractivity contribution in [1.82, 2.24) is 4.90 Å². The van der Waals surface area contributed by atoms with E-state index in [1.165, 1.54) is 18.2 Å². The Bertz CT molecular complexity index is 673. The van der Waals surface area contributed by atoms with E-state index in [0.717, 1.165) is 4.88 Å². The van der Waals surface area contributed by atoms with Gasteiger partial charge in [0, 0.05) is 23.6 Å². The van der Waals surface area contributed by atoms with Gasteiger partial charge in [0.2, 0.25) is 0 Å². The van der Waals surface area contributed by atoms with Gasteiger partial charge in [0.25, 0.3) is 11.6 Å². The van der Waals surface area contributed by atoms with Gasteiger partial charge in [0.15, 0.2) is 0 Å². The van der Waals surface area contributed by atoms with Gasteiger partial charge < -0.3 is 4.90 Å². The van der Waals surface area contributed by atoms with Gasteiger partial charge in [-0.05, 0) is 30.5 Å². The van der Waals surface area contributed by atoms with E-state index in [1.807, 2.05) is 24.4 Å². The first-order valence-electron chi connectivity index (χ1n) is 6.16. The number of rotatable bonds is 4. The fourth-order valence-electron chi connectivity index (χ4n) is 1.89. The summed E-state index contributed by atoms with van der Waals surface area (Å²) in [5.41, 5.74) is 0.124. The highest BCUT2D eigenvalue weighted by atomic mass is 35.5. The first-order valence-corrected chi connectivity index (χ1v) is 7.42. The molecule has 0 aliphatic rings. The highest BCUT2D eigenvalue weighted by Crippen LogP contribution is 2.28. The van der Waals surface area contributed by atoms with Crippen molar-refractivity contribution < 1.29 is 9.72 Å². The highest BCUT2D eigenvalue weighted by molar-refractivity contribution is 7.10. The van der Waals surface area contributed by atoms with Gasteiger partial charge >= 0.3 is 0 Å². The van der Waals surface area contributed by atoms with Gasteiger partial charge in [-0.15, -0.1) is 11.3 Å². The van der Waals surface area contributed by atoms with E-state index in [9.17, 15) is 14.9 Å². The minimum Gasteiger partial charge on any atom is -0.334 e. The fraction of sp³-hybridized carbons (Fsp3) is 0.214. The molecule has 0 aliphatic heterocycles. The maximum atomic E-state index is 12.4. The number of nitro groups is 1. The molecule has 2 aromatic rings. The Morgan fingerprint density at radius 3 is 2.67 bits per heavy atom. The number of nitro benzene ring substituents is 1. The molecule has 1 amide bonds. The van der Waals surface area contributed by atoms with Gasteiger partial charge in [0.1, 0.15) is 5.02 Å². The average Bonchev–Trinajstić information content (AvgIpc) is 2.98. The Morgan fingerprint density at radius 1 is 1.43 bits per heavy atom. The zero-order valence-corrected chi connectivity index (χ0v) is 13.0. The van der Waals surface area contributed by atoms with Crippen molar-refractivity contribution in [1.29, 1.82) is 0 Å². The predicted molar refractivity (Wildman–Crippen MR) is 82.9 cm³/mol. The second-order valence-corrected chi connectivity index (χ2v) is 5.92. The molecule has 1 aromatic carbocycles. The summed E-state index contributed by atoms with van der Waals surface area (Å²) in [6.07, 6.45) is 0. The Balaban J connectivity index is 2.23. The Morgan fingerprint density at radius 2 is 2.14 bits per heavy atom. The highest BCUT2D eigenvalue weighted by Gasteiger charge is 2.21. The largest absolute Gasteiger partial charge is 0.334 e. The molecule has 0 spiro atoms. The molecule has 0 aliphatic carbocycles. The smallest absolute Gasteiger partial charge is 0.287 e. The normalized spacial score (nSPS) is 12.0. The molecule has 1 unspecified atom stereocenters. The van der Waals surface area contributed by atoms with Gasteiger partial charge in [-0.25, -0.2) is 0 Å². The van der Waals surface area contributed by atoms with E-state index in [-0.39, 0.29) is 22.7 Å². The molecule has 0 bridgehead atoms. The van der Waals surface area contributed by atoms with Crippen LogP contribution in [0.25, 0.3) is 0 Å². The van der Waals surface area contributed by atoms with Crippen LogP contribution in [0.2, 0.25) is 5.02 Å². The van der Waals surface area contributed by atoms with Crippen LogP contribution in [0.3, 0.4) is 0 Å². The van der Waals surface area contributed by atoms with Crippen molar-refractivity contribution in [2.75, 3.05) is 7.05 Å². The molecule has 0 N–H and O–H groups in total. The fourth-order valence-corrected chi connectivity index (χ4v) is 2.96. The molecule has 0 radical (unpaired) electrons. The number of hydrogen-bond donors (Lipinski definition) is 0. The summed E-state index contributed by atoms with van der Waals surface area (Å²) < 4.78 is 0. The van der Waals surface area contributed by atoms with Crippen LogP contribution < -0.4 is 0 Å². The zero-order valence-electron chi connectivity index (χ0n) is 11.4. The number of thiophene rings is 1. The quantitative estimate of drug-likeness (QED) is 0.627. The number of halogens is 1. The van der Waals surface area contributed by atoms with Crippen LogP contribution in [-0.2, 0) is 0 Å². The summed E-state index contributed by atoms with van der Waals surface area (Å²) in [6, 6.07) is 7.81. The van der Waals surface area contributed by atoms with E-state index >= 15 is 0 Å². The van der Waals surface area contributed by atoms with Crippen LogP contribution in [0, 0.1) is 10.1 Å². The lowest BCUT2D eigenvalue weighted by Gasteiger charge is -2.24. The number of benzene rings is 1. The molecular formula is C14H13ClN2O3S. The maximum Gasteiger partial charge on any atom is 0.287 e. The van der Waals surface area contributed by atoms with Gasteiger partial charge in [-0.1, -0.05) is 17.7 Å². The van der Waals surface area contributed by atoms with Crippen LogP contribution in [0.4, 0.5) is 5.69 Å². The summed E-state index contributed by atoms with van der Waals surface area (Å²) in [4.78, 5) is 25.2. The van der Waals surface area contributed by atoms with Crippen LogP contribution in [-0.4, -0.2) is 22.8 Å². The van der Waals surface area contributed by atoms with Gasteiger partial charge in [0.05, 0.1) is 11.0 Å². The minimum atomic E-state index is -0.575. The van der Waals surface area contributed by atoms with Crippen molar-refractivity contribution in [3.63, 3.8) is 0 Å². The third kappa shape index (κ3) is 3.22. The zero-order chi connectivity index (χ0) is 15.6. The molecule has 5 nitrogen and oxygen atoms in total. The predicted octanol–water partition coefficient (Wildman–Crippen LogP) is 4.14. The van der Waals surface area contributed by atoms with Crippen molar-refractivity contribution in [3.8, 4) is 0 Å². The van der Waals surface area contributed by atoms with E-state index in [0.29, 0.717) is 5.56 Å². The van der Waals surface area contributed by atoms with Crippen LogP contribution in [0.1, 0.15) is 28.2 Å². The number of nitrogens with zero attached hydrogens (tertiary/aromatic N) is 2. The monoisotopic (exact) mass is 324 g/mol. The summed E-state index contributed by atoms with van der Waals surface area (Å²) in [5.74, 6) is -0.229. The average molecular weight is 325 g/mol. The molecule has 0 saturated carbocycles. The van der Waals surface area contributed by atoms with Crippen LogP contribution >= 0.6 is 22.9 Å². The summed E-state index contributed by atoms with van der Waals surface area (Å²) >= 11 is 7.41. The van der Waals surface area contributed by atoms with Crippen LogP contribution in [0.5, 0.6) is 0 Å². The molecule has 1 heterocycles. The second kappa shape index (κ2) is 6.24. The molecule has 21 heavy (non-hydrogen) atoms. The molecule has 7 heteroatoms. The summed E-state index contributed by atoms with van der Waals surface area (Å²) in [5, 5.41) is 12.6. The van der Waals surface area contributed by atoms with Crippen molar-refractivity contribution >= 4 is 34.5 Å². The van der Waals surface area contributed by atoms with E-state index in [2.05, 4.69) is 0 Å². The maximum absolute atomic E-state index is 12.4. The lowest BCUT2D eigenvalue weighted by Crippen LogP contribution is -2.29. The topological polar surface area (TPSA) is 63.5 Å². The summed E-state index contributed by atoms with van der Waals surface area (Å²) in [6.45, 7) is 1.93. The number of hydrogen-bond acceptors (Lipinski definition) is 4. The first kappa shape index (κ1) is 15.5. The van der Waals surface area contributed by atoms with Crippen LogP contribution in [0.15, 0.2) is 35.7 Å². The number of amides is 1. The van der Waals surface area contributed by atoms with Crippen molar-refractivity contribution in [3.05, 3.63) is 61.3 Å². The van der Waals surface area contributed by atoms with Gasteiger partial charge in [-0.2, -0.15) is 0 Å². The van der Waals surface area contributed by atoms with E-state index in [1.54, 1.807) is 23.3 Å². The Kier molecular flexibility index (Phi) is 4.59. The molecule has 0 fully saturated rings. The number of carbonyl (C=O) groups excluding carboxylic acids is 1. The summed E-state index contributed by atoms with van der Waals surface area (Å²) in [7, 11) is 1.70. The van der Waals surface area contributed by atoms with Crippen molar-refractivity contribution in [2.24, 2.45) is 0 Å². The third-order valence-electron chi connectivity index (χ3n) is 3.25. The SMILES string of the molecule is CC(c1cccs1)N(C)C(=O)c1ccc([N+](=O)[O-])c(Cl)c1. The van der Waals surface area contributed by atoms with Gasteiger partial charge in [-0.3, -0.25) is 14.9 Å². The Hall–Kier alpha value is -1.92. The third-order valence-corrected chi connectivity index (χ3v) is 4.59. The molecule has 1 atom stereocenters. The number of carbonyl (C=O) groups is 1. The van der Waals surface area contributed by atoms with Crippen molar-refractivity contribution in [2.45, 2.75) is 13.0 Å². The molecule has 1 aromatic heterocycles. The van der Waals surface area contributed by atoms with E-state index in [4.69, 9.17) is 11.6 Å². The molecular weight excluding hydrogens is 312 g/mol. The standard InChI is InChI=1S/C14H13ClN2O3S/c1-9(13-4-3-7-21-13)16(2)14(18)10-5-6-12(17(19)20)11(15)8-10/h3-9H,1-2H3. The molecule has 110 valence electrons. The van der Waals surface area contributed by atoms with E-state index < -0.39 is 4.92 Å². The minimum absolute atomic E-state index is 0.0389. The Labute approximate surface area is 130 Å². The lowest BCUT2D eigenvalue weighted by atomic mass is 10.1. The molecule has 0 saturated heterocycles. The second-order valence-electron chi connectivity index (χ2n) is 4.53. The lowest BCUT2D eigenvalue weighted by molar-refractivity contribution is -0.384.